The zero-order valence-corrected chi connectivity index (χ0v) is 13.9. The normalized spacial score (nSPS) is 20.2. The van der Waals surface area contributed by atoms with Gasteiger partial charge in [0.05, 0.1) is 5.69 Å². The number of fused-ring (bicyclic) bond motifs is 1. The summed E-state index contributed by atoms with van der Waals surface area (Å²) in [5.41, 5.74) is 3.73. The zero-order valence-electron chi connectivity index (χ0n) is 13.9. The lowest BCUT2D eigenvalue weighted by Crippen LogP contribution is -2.40. The molecule has 1 amide bonds. The number of hydrogen-bond donors (Lipinski definition) is 0. The van der Waals surface area contributed by atoms with Crippen LogP contribution in [0.1, 0.15) is 24.1 Å². The van der Waals surface area contributed by atoms with Gasteiger partial charge in [-0.3, -0.25) is 4.79 Å². The van der Waals surface area contributed by atoms with Gasteiger partial charge in [-0.1, -0.05) is 0 Å². The molecule has 130 valence electrons. The monoisotopic (exact) mass is 341 g/mol. The highest BCUT2D eigenvalue weighted by Crippen LogP contribution is 2.26. The van der Waals surface area contributed by atoms with E-state index in [0.29, 0.717) is 32.5 Å². The Morgan fingerprint density at radius 1 is 1.16 bits per heavy atom. The average molecular weight is 341 g/mol. The van der Waals surface area contributed by atoms with E-state index in [4.69, 9.17) is 4.74 Å². The van der Waals surface area contributed by atoms with E-state index in [1.165, 1.54) is 12.1 Å². The molecule has 0 aliphatic carbocycles. The number of rotatable bonds is 2. The molecule has 0 spiro atoms. The van der Waals surface area contributed by atoms with Crippen molar-refractivity contribution < 1.29 is 13.9 Å². The number of aromatic nitrogens is 2. The van der Waals surface area contributed by atoms with Gasteiger partial charge in [0.25, 0.3) is 5.91 Å². The Morgan fingerprint density at radius 2 is 1.96 bits per heavy atom. The molecule has 0 radical (unpaired) electrons. The molecule has 0 saturated carbocycles. The van der Waals surface area contributed by atoms with Gasteiger partial charge in [-0.25, -0.2) is 14.4 Å². The number of hydrogen-bond acceptors (Lipinski definition) is 4. The summed E-state index contributed by atoms with van der Waals surface area (Å²) in [6.07, 6.45) is 4.41. The number of halogens is 1. The molecule has 1 aromatic heterocycles. The van der Waals surface area contributed by atoms with Crippen molar-refractivity contribution in [1.82, 2.24) is 14.9 Å². The molecule has 1 fully saturated rings. The molecular formula is C19H20FN3O2. The van der Waals surface area contributed by atoms with Crippen LogP contribution in [0.15, 0.2) is 30.6 Å². The fourth-order valence-electron chi connectivity index (χ4n) is 3.58. The first kappa shape index (κ1) is 16.1. The predicted octanol–water partition coefficient (Wildman–Crippen LogP) is 2.39. The van der Waals surface area contributed by atoms with E-state index in [2.05, 4.69) is 9.97 Å². The van der Waals surface area contributed by atoms with Crippen molar-refractivity contribution >= 4 is 5.91 Å². The highest BCUT2D eigenvalue weighted by atomic mass is 19.1. The standard InChI is InChI=1S/C19H20FN3O2/c20-14-5-3-13(4-6-14)18-15-7-9-23(10-8-16(15)21-12-22-18)19(24)17-2-1-11-25-17/h3-6,12,17H,1-2,7-11H2/t17-/m1/s1. The molecule has 1 aromatic carbocycles. The van der Waals surface area contributed by atoms with Gasteiger partial charge < -0.3 is 9.64 Å². The molecule has 2 aromatic rings. The first-order valence-corrected chi connectivity index (χ1v) is 8.71. The summed E-state index contributed by atoms with van der Waals surface area (Å²) in [5.74, 6) is -0.182. The Kier molecular flexibility index (Phi) is 4.44. The number of amides is 1. The molecule has 6 heteroatoms. The van der Waals surface area contributed by atoms with Crippen LogP contribution in [0.2, 0.25) is 0 Å². The Morgan fingerprint density at radius 3 is 2.72 bits per heavy atom. The molecule has 5 nitrogen and oxygen atoms in total. The molecule has 1 saturated heterocycles. The maximum Gasteiger partial charge on any atom is 0.251 e. The van der Waals surface area contributed by atoms with Gasteiger partial charge in [0, 0.05) is 42.9 Å². The van der Waals surface area contributed by atoms with Crippen molar-refractivity contribution in [2.24, 2.45) is 0 Å². The second-order valence-corrected chi connectivity index (χ2v) is 6.48. The molecule has 0 unspecified atom stereocenters. The Labute approximate surface area is 145 Å². The number of nitrogens with zero attached hydrogens (tertiary/aromatic N) is 3. The molecule has 1 atom stereocenters. The second kappa shape index (κ2) is 6.88. The fraction of sp³-hybridized carbons (Fsp3) is 0.421. The van der Waals surface area contributed by atoms with E-state index in [1.807, 2.05) is 4.90 Å². The van der Waals surface area contributed by atoms with Crippen LogP contribution < -0.4 is 0 Å². The minimum atomic E-state index is -0.288. The van der Waals surface area contributed by atoms with Crippen LogP contribution in [0.3, 0.4) is 0 Å². The van der Waals surface area contributed by atoms with Crippen LogP contribution in [-0.4, -0.2) is 46.6 Å². The summed E-state index contributed by atoms with van der Waals surface area (Å²) in [6, 6.07) is 6.35. The summed E-state index contributed by atoms with van der Waals surface area (Å²) < 4.78 is 18.7. The lowest BCUT2D eigenvalue weighted by molar-refractivity contribution is -0.140. The van der Waals surface area contributed by atoms with Gasteiger partial charge in [-0.05, 0) is 43.5 Å². The zero-order chi connectivity index (χ0) is 17.2. The van der Waals surface area contributed by atoms with Crippen molar-refractivity contribution in [2.75, 3.05) is 19.7 Å². The van der Waals surface area contributed by atoms with E-state index >= 15 is 0 Å². The maximum atomic E-state index is 13.2. The predicted molar refractivity (Wildman–Crippen MR) is 90.4 cm³/mol. The summed E-state index contributed by atoms with van der Waals surface area (Å²) in [6.45, 7) is 1.95. The topological polar surface area (TPSA) is 55.3 Å². The Hall–Kier alpha value is -2.34. The average Bonchev–Trinajstić information content (AvgIpc) is 3.08. The van der Waals surface area contributed by atoms with Crippen LogP contribution in [0.5, 0.6) is 0 Å². The first-order valence-electron chi connectivity index (χ1n) is 8.71. The molecular weight excluding hydrogens is 321 g/mol. The van der Waals surface area contributed by atoms with E-state index in [-0.39, 0.29) is 17.8 Å². The lowest BCUT2D eigenvalue weighted by Gasteiger charge is -2.23. The second-order valence-electron chi connectivity index (χ2n) is 6.48. The molecule has 0 bridgehead atoms. The van der Waals surface area contributed by atoms with Crippen molar-refractivity contribution in [3.05, 3.63) is 47.7 Å². The molecule has 2 aliphatic rings. The van der Waals surface area contributed by atoms with E-state index in [9.17, 15) is 9.18 Å². The van der Waals surface area contributed by atoms with Gasteiger partial charge in [-0.2, -0.15) is 0 Å². The molecule has 3 heterocycles. The van der Waals surface area contributed by atoms with Gasteiger partial charge in [0.1, 0.15) is 18.2 Å². The third-order valence-electron chi connectivity index (χ3n) is 4.92. The quantitative estimate of drug-likeness (QED) is 0.842. The number of benzene rings is 1. The van der Waals surface area contributed by atoms with Crippen LogP contribution in [0, 0.1) is 5.82 Å². The van der Waals surface area contributed by atoms with E-state index < -0.39 is 0 Å². The number of carbonyl (C=O) groups excluding carboxylic acids is 1. The van der Waals surface area contributed by atoms with E-state index in [1.54, 1.807) is 18.5 Å². The highest BCUT2D eigenvalue weighted by molar-refractivity contribution is 5.81. The Bertz CT molecular complexity index is 773. The van der Waals surface area contributed by atoms with Crippen molar-refractivity contribution in [1.29, 1.82) is 0 Å². The number of ether oxygens (including phenoxy) is 1. The van der Waals surface area contributed by atoms with Crippen LogP contribution in [0.25, 0.3) is 11.3 Å². The van der Waals surface area contributed by atoms with Crippen molar-refractivity contribution in [3.8, 4) is 11.3 Å². The minimum Gasteiger partial charge on any atom is -0.368 e. The fourth-order valence-corrected chi connectivity index (χ4v) is 3.58. The van der Waals surface area contributed by atoms with Gasteiger partial charge in [-0.15, -0.1) is 0 Å². The van der Waals surface area contributed by atoms with Crippen molar-refractivity contribution in [2.45, 2.75) is 31.8 Å². The van der Waals surface area contributed by atoms with Crippen LogP contribution in [0.4, 0.5) is 4.39 Å². The molecule has 2 aliphatic heterocycles. The SMILES string of the molecule is O=C([C@H]1CCCO1)N1CCc2ncnc(-c3ccc(F)cc3)c2CC1. The third kappa shape index (κ3) is 3.26. The van der Waals surface area contributed by atoms with Gasteiger partial charge >= 0.3 is 0 Å². The molecule has 4 rings (SSSR count). The minimum absolute atomic E-state index is 0.0848. The third-order valence-corrected chi connectivity index (χ3v) is 4.92. The van der Waals surface area contributed by atoms with Crippen LogP contribution in [-0.2, 0) is 22.4 Å². The first-order chi connectivity index (χ1) is 12.2. The van der Waals surface area contributed by atoms with Gasteiger partial charge in [0.2, 0.25) is 0 Å². The maximum absolute atomic E-state index is 13.2. The Balaban J connectivity index is 1.58. The summed E-state index contributed by atoms with van der Waals surface area (Å²) in [4.78, 5) is 23.3. The molecule has 0 N–H and O–H groups in total. The molecule has 25 heavy (non-hydrogen) atoms. The largest absolute Gasteiger partial charge is 0.368 e. The summed E-state index contributed by atoms with van der Waals surface area (Å²) >= 11 is 0. The van der Waals surface area contributed by atoms with E-state index in [0.717, 1.165) is 35.4 Å². The number of carbonyl (C=O) groups is 1. The smallest absolute Gasteiger partial charge is 0.251 e. The summed E-state index contributed by atoms with van der Waals surface area (Å²) in [7, 11) is 0. The summed E-state index contributed by atoms with van der Waals surface area (Å²) in [5, 5.41) is 0. The van der Waals surface area contributed by atoms with Crippen molar-refractivity contribution in [3.63, 3.8) is 0 Å². The van der Waals surface area contributed by atoms with Gasteiger partial charge in [0.15, 0.2) is 0 Å². The lowest BCUT2D eigenvalue weighted by atomic mass is 10.0. The van der Waals surface area contributed by atoms with Crippen LogP contribution >= 0.6 is 0 Å². The highest BCUT2D eigenvalue weighted by Gasteiger charge is 2.30.